The summed E-state index contributed by atoms with van der Waals surface area (Å²) in [6.07, 6.45) is 8.74. The van der Waals surface area contributed by atoms with E-state index in [1.54, 1.807) is 4.68 Å². The Labute approximate surface area is 182 Å². The number of rotatable bonds is 11. The first kappa shape index (κ1) is 23.6. The van der Waals surface area contributed by atoms with Crippen molar-refractivity contribution >= 4 is 11.9 Å². The second kappa shape index (κ2) is 11.5. The first-order valence-corrected chi connectivity index (χ1v) is 11.2. The average Bonchev–Trinajstić information content (AvgIpc) is 3.25. The molecule has 1 amide bonds. The summed E-state index contributed by atoms with van der Waals surface area (Å²) in [5, 5.41) is 29.9. The Morgan fingerprint density at radius 3 is 2.87 bits per heavy atom. The van der Waals surface area contributed by atoms with Crippen LogP contribution in [0.2, 0.25) is 0 Å². The molecule has 31 heavy (non-hydrogen) atoms. The first-order chi connectivity index (χ1) is 15.0. The van der Waals surface area contributed by atoms with Gasteiger partial charge in [0.05, 0.1) is 37.5 Å². The minimum atomic E-state index is -0.864. The number of nitrogens with zero attached hydrogens (tertiary/aromatic N) is 3. The SMILES string of the molecule is O=C(O)CC1CC(n2cc(CCOCC(=O)NCC3(CO)CCCCC3)nn2)CCO1. The van der Waals surface area contributed by atoms with Gasteiger partial charge in [-0.2, -0.15) is 0 Å². The summed E-state index contributed by atoms with van der Waals surface area (Å²) in [7, 11) is 0. The van der Waals surface area contributed by atoms with Crippen LogP contribution in [0.25, 0.3) is 0 Å². The van der Waals surface area contributed by atoms with Gasteiger partial charge in [0.2, 0.25) is 5.91 Å². The van der Waals surface area contributed by atoms with Crippen molar-refractivity contribution in [3.8, 4) is 0 Å². The minimum Gasteiger partial charge on any atom is -0.481 e. The van der Waals surface area contributed by atoms with E-state index in [1.165, 1.54) is 6.42 Å². The number of carbonyl (C=O) groups is 2. The Hall–Kier alpha value is -2.04. The van der Waals surface area contributed by atoms with Gasteiger partial charge in [-0.05, 0) is 25.7 Å². The monoisotopic (exact) mass is 438 g/mol. The van der Waals surface area contributed by atoms with Gasteiger partial charge in [0.1, 0.15) is 6.61 Å². The standard InChI is InChI=1S/C21H34N4O6/c26-15-21(6-2-1-3-7-21)14-22-19(27)13-30-8-4-16-12-25(24-23-16)17-5-9-31-18(10-17)11-20(28)29/h12,17-18,26H,1-11,13-15H2,(H,22,27)(H,28,29). The number of aliphatic carboxylic acids is 1. The molecule has 0 aromatic carbocycles. The molecule has 1 aromatic rings. The second-order valence-corrected chi connectivity index (χ2v) is 8.76. The Kier molecular flexibility index (Phi) is 8.79. The largest absolute Gasteiger partial charge is 0.481 e. The summed E-state index contributed by atoms with van der Waals surface area (Å²) in [5.74, 6) is -1.04. The molecule has 0 spiro atoms. The van der Waals surface area contributed by atoms with Crippen molar-refractivity contribution in [1.29, 1.82) is 0 Å². The van der Waals surface area contributed by atoms with E-state index in [0.717, 1.165) is 37.8 Å². The highest BCUT2D eigenvalue weighted by Gasteiger charge is 2.31. The van der Waals surface area contributed by atoms with E-state index >= 15 is 0 Å². The number of nitrogens with one attached hydrogen (secondary N) is 1. The van der Waals surface area contributed by atoms with Crippen LogP contribution >= 0.6 is 0 Å². The molecule has 1 saturated heterocycles. The third-order valence-electron chi connectivity index (χ3n) is 6.32. The summed E-state index contributed by atoms with van der Waals surface area (Å²) in [4.78, 5) is 23.0. The lowest BCUT2D eigenvalue weighted by Crippen LogP contribution is -2.42. The fourth-order valence-electron chi connectivity index (χ4n) is 4.42. The van der Waals surface area contributed by atoms with Crippen molar-refractivity contribution in [2.75, 3.05) is 33.0 Å². The lowest BCUT2D eigenvalue weighted by atomic mass is 9.74. The Bertz CT molecular complexity index is 718. The van der Waals surface area contributed by atoms with Crippen molar-refractivity contribution in [3.63, 3.8) is 0 Å². The van der Waals surface area contributed by atoms with Gasteiger partial charge in [0.25, 0.3) is 0 Å². The maximum atomic E-state index is 12.1. The number of hydrogen-bond acceptors (Lipinski definition) is 7. The van der Waals surface area contributed by atoms with E-state index in [1.807, 2.05) is 6.20 Å². The molecule has 174 valence electrons. The number of ether oxygens (including phenoxy) is 2. The molecular weight excluding hydrogens is 404 g/mol. The molecule has 1 saturated carbocycles. The van der Waals surface area contributed by atoms with E-state index < -0.39 is 5.97 Å². The van der Waals surface area contributed by atoms with Crippen molar-refractivity contribution in [2.45, 2.75) is 69.9 Å². The van der Waals surface area contributed by atoms with Crippen LogP contribution in [-0.2, 0) is 25.5 Å². The van der Waals surface area contributed by atoms with Gasteiger partial charge in [0, 0.05) is 31.2 Å². The van der Waals surface area contributed by atoms with Gasteiger partial charge in [0.15, 0.2) is 0 Å². The smallest absolute Gasteiger partial charge is 0.305 e. The molecule has 2 atom stereocenters. The molecule has 1 aromatic heterocycles. The maximum Gasteiger partial charge on any atom is 0.305 e. The lowest BCUT2D eigenvalue weighted by molar-refractivity contribution is -0.141. The van der Waals surface area contributed by atoms with Crippen molar-refractivity contribution < 1.29 is 29.3 Å². The number of aliphatic hydroxyl groups is 1. The summed E-state index contributed by atoms with van der Waals surface area (Å²) < 4.78 is 12.8. The zero-order valence-electron chi connectivity index (χ0n) is 18.0. The fourth-order valence-corrected chi connectivity index (χ4v) is 4.42. The van der Waals surface area contributed by atoms with Crippen LogP contribution in [-0.4, -0.2) is 76.2 Å². The third-order valence-corrected chi connectivity index (χ3v) is 6.32. The molecule has 3 N–H and O–H groups in total. The quantitative estimate of drug-likeness (QED) is 0.437. The molecule has 2 fully saturated rings. The molecule has 1 aliphatic carbocycles. The molecule has 2 heterocycles. The van der Waals surface area contributed by atoms with Crippen molar-refractivity contribution in [2.24, 2.45) is 5.41 Å². The van der Waals surface area contributed by atoms with E-state index in [-0.39, 0.29) is 43.1 Å². The maximum absolute atomic E-state index is 12.1. The molecule has 0 bridgehead atoms. The lowest BCUT2D eigenvalue weighted by Gasteiger charge is -2.35. The van der Waals surface area contributed by atoms with Crippen LogP contribution in [0.4, 0.5) is 0 Å². The van der Waals surface area contributed by atoms with Crippen LogP contribution in [0, 0.1) is 5.41 Å². The minimum absolute atomic E-state index is 0.00656. The summed E-state index contributed by atoms with van der Waals surface area (Å²) >= 11 is 0. The molecule has 10 nitrogen and oxygen atoms in total. The third kappa shape index (κ3) is 7.26. The molecule has 2 unspecified atom stereocenters. The highest BCUT2D eigenvalue weighted by atomic mass is 16.5. The van der Waals surface area contributed by atoms with Crippen LogP contribution in [0.5, 0.6) is 0 Å². The van der Waals surface area contributed by atoms with Crippen LogP contribution < -0.4 is 5.32 Å². The predicted octanol–water partition coefficient (Wildman–Crippen LogP) is 1.09. The second-order valence-electron chi connectivity index (χ2n) is 8.76. The topological polar surface area (TPSA) is 136 Å². The molecule has 2 aliphatic rings. The van der Waals surface area contributed by atoms with Crippen molar-refractivity contribution in [1.82, 2.24) is 20.3 Å². The highest BCUT2D eigenvalue weighted by Crippen LogP contribution is 2.35. The molecule has 10 heteroatoms. The molecule has 0 radical (unpaired) electrons. The predicted molar refractivity (Wildman–Crippen MR) is 110 cm³/mol. The number of carboxylic acid groups (broad SMARTS) is 1. The van der Waals surface area contributed by atoms with E-state index in [0.29, 0.717) is 32.6 Å². The number of carboxylic acids is 1. The Morgan fingerprint density at radius 2 is 2.13 bits per heavy atom. The van der Waals surface area contributed by atoms with Crippen LogP contribution in [0.3, 0.4) is 0 Å². The zero-order chi connectivity index (χ0) is 22.1. The van der Waals surface area contributed by atoms with Gasteiger partial charge >= 0.3 is 5.97 Å². The van der Waals surface area contributed by atoms with Gasteiger partial charge in [-0.25, -0.2) is 4.68 Å². The Morgan fingerprint density at radius 1 is 1.32 bits per heavy atom. The number of amides is 1. The number of aromatic nitrogens is 3. The van der Waals surface area contributed by atoms with E-state index in [2.05, 4.69) is 15.6 Å². The number of aliphatic hydroxyl groups excluding tert-OH is 1. The number of carbonyl (C=O) groups excluding carboxylic acids is 1. The van der Waals surface area contributed by atoms with Gasteiger partial charge in [-0.1, -0.05) is 24.5 Å². The Balaban J connectivity index is 1.34. The average molecular weight is 439 g/mol. The molecular formula is C21H34N4O6. The van der Waals surface area contributed by atoms with Gasteiger partial charge in [-0.3, -0.25) is 9.59 Å². The fraction of sp³-hybridized carbons (Fsp3) is 0.810. The van der Waals surface area contributed by atoms with Crippen LogP contribution in [0.1, 0.15) is 63.1 Å². The number of hydrogen-bond donors (Lipinski definition) is 3. The summed E-state index contributed by atoms with van der Waals surface area (Å²) in [5.41, 5.74) is 0.586. The first-order valence-electron chi connectivity index (χ1n) is 11.2. The molecule has 1 aliphatic heterocycles. The molecule has 3 rings (SSSR count). The van der Waals surface area contributed by atoms with Gasteiger partial charge in [-0.15, -0.1) is 5.10 Å². The normalized spacial score (nSPS) is 23.4. The summed E-state index contributed by atoms with van der Waals surface area (Å²) in [6.45, 7) is 1.44. The van der Waals surface area contributed by atoms with Crippen molar-refractivity contribution in [3.05, 3.63) is 11.9 Å². The van der Waals surface area contributed by atoms with E-state index in [9.17, 15) is 14.7 Å². The van der Waals surface area contributed by atoms with Gasteiger partial charge < -0.3 is 25.0 Å². The summed E-state index contributed by atoms with van der Waals surface area (Å²) in [6, 6.07) is 0.0738. The van der Waals surface area contributed by atoms with E-state index in [4.69, 9.17) is 14.6 Å². The van der Waals surface area contributed by atoms with Crippen LogP contribution in [0.15, 0.2) is 6.20 Å². The highest BCUT2D eigenvalue weighted by molar-refractivity contribution is 5.77. The zero-order valence-corrected chi connectivity index (χ0v) is 18.0.